The van der Waals surface area contributed by atoms with Crippen LogP contribution in [0.25, 0.3) is 0 Å². The van der Waals surface area contributed by atoms with Crippen molar-refractivity contribution in [1.82, 2.24) is 5.32 Å². The van der Waals surface area contributed by atoms with Crippen LogP contribution in [0.1, 0.15) is 12.0 Å². The normalized spacial score (nSPS) is 23.1. The van der Waals surface area contributed by atoms with Gasteiger partial charge in [0.1, 0.15) is 0 Å². The Hall–Kier alpha value is -0.910. The van der Waals surface area contributed by atoms with E-state index in [0.717, 1.165) is 22.3 Å². The van der Waals surface area contributed by atoms with Crippen molar-refractivity contribution >= 4 is 27.5 Å². The molecule has 98 valence electrons. The van der Waals surface area contributed by atoms with Crippen LogP contribution in [0, 0.1) is 6.92 Å². The number of ether oxygens (including phenoxy) is 1. The van der Waals surface area contributed by atoms with E-state index in [9.17, 15) is 4.79 Å². The Morgan fingerprint density at radius 2 is 2.33 bits per heavy atom. The van der Waals surface area contributed by atoms with Crippen LogP contribution >= 0.6 is 15.9 Å². The number of anilines is 1. The molecule has 0 aromatic heterocycles. The molecule has 1 heterocycles. The lowest BCUT2D eigenvalue weighted by Crippen LogP contribution is -2.35. The summed E-state index contributed by atoms with van der Waals surface area (Å²) in [5.74, 6) is -0.0131. The molecule has 2 unspecified atom stereocenters. The van der Waals surface area contributed by atoms with Crippen molar-refractivity contribution in [2.24, 2.45) is 0 Å². The monoisotopic (exact) mass is 312 g/mol. The van der Waals surface area contributed by atoms with Crippen LogP contribution in [0.4, 0.5) is 5.69 Å². The van der Waals surface area contributed by atoms with Crippen LogP contribution in [0.2, 0.25) is 0 Å². The molecule has 1 aromatic rings. The molecule has 4 nitrogen and oxygen atoms in total. The fourth-order valence-corrected chi connectivity index (χ4v) is 2.41. The zero-order valence-electron chi connectivity index (χ0n) is 10.5. The highest BCUT2D eigenvalue weighted by molar-refractivity contribution is 9.10. The predicted octanol–water partition coefficient (Wildman–Crippen LogP) is 2.07. The Kier molecular flexibility index (Phi) is 4.37. The molecule has 1 fully saturated rings. The Morgan fingerprint density at radius 3 is 3.00 bits per heavy atom. The fourth-order valence-electron chi connectivity index (χ4n) is 2.05. The summed E-state index contributed by atoms with van der Waals surface area (Å²) >= 11 is 3.48. The molecule has 0 bridgehead atoms. The molecule has 5 heteroatoms. The predicted molar refractivity (Wildman–Crippen MR) is 74.7 cm³/mol. The summed E-state index contributed by atoms with van der Waals surface area (Å²) < 4.78 is 6.16. The highest BCUT2D eigenvalue weighted by Crippen LogP contribution is 2.26. The number of hydrogen-bond donors (Lipinski definition) is 2. The van der Waals surface area contributed by atoms with Gasteiger partial charge >= 0.3 is 0 Å². The highest BCUT2D eigenvalue weighted by Gasteiger charge is 2.29. The zero-order chi connectivity index (χ0) is 13.1. The molecule has 1 aliphatic heterocycles. The second-order valence-electron chi connectivity index (χ2n) is 4.48. The lowest BCUT2D eigenvalue weighted by molar-refractivity contribution is -0.118. The number of carbonyl (C=O) groups excluding carboxylic acids is 1. The zero-order valence-corrected chi connectivity index (χ0v) is 12.1. The van der Waals surface area contributed by atoms with Gasteiger partial charge in [-0.2, -0.15) is 0 Å². The fraction of sp³-hybridized carbons (Fsp3) is 0.462. The lowest BCUT2D eigenvalue weighted by atomic mass is 10.1. The van der Waals surface area contributed by atoms with E-state index in [2.05, 4.69) is 26.6 Å². The molecule has 1 saturated heterocycles. The third kappa shape index (κ3) is 2.91. The summed E-state index contributed by atoms with van der Waals surface area (Å²) in [6, 6.07) is 5.63. The van der Waals surface area contributed by atoms with Crippen molar-refractivity contribution in [2.75, 3.05) is 19.0 Å². The molecule has 2 atom stereocenters. The molecule has 0 spiro atoms. The van der Waals surface area contributed by atoms with E-state index in [0.29, 0.717) is 6.42 Å². The first-order chi connectivity index (χ1) is 8.61. The maximum absolute atomic E-state index is 12.1. The van der Waals surface area contributed by atoms with Gasteiger partial charge in [0.2, 0.25) is 5.91 Å². The number of halogens is 1. The summed E-state index contributed by atoms with van der Waals surface area (Å²) in [6.07, 6.45) is 0.841. The summed E-state index contributed by atoms with van der Waals surface area (Å²) in [5.41, 5.74) is 1.91. The average molecular weight is 313 g/mol. The largest absolute Gasteiger partial charge is 0.380 e. The summed E-state index contributed by atoms with van der Waals surface area (Å²) in [4.78, 5) is 12.1. The average Bonchev–Trinajstić information content (AvgIpc) is 2.83. The molecule has 0 saturated carbocycles. The maximum atomic E-state index is 12.1. The van der Waals surface area contributed by atoms with Gasteiger partial charge in [-0.25, -0.2) is 0 Å². The van der Waals surface area contributed by atoms with Gasteiger partial charge in [0, 0.05) is 18.1 Å². The Balaban J connectivity index is 2.01. The van der Waals surface area contributed by atoms with Gasteiger partial charge in [-0.15, -0.1) is 0 Å². The number of hydrogen-bond acceptors (Lipinski definition) is 3. The van der Waals surface area contributed by atoms with Gasteiger partial charge in [0.05, 0.1) is 17.8 Å². The molecule has 1 aromatic carbocycles. The van der Waals surface area contributed by atoms with Crippen LogP contribution in [0.15, 0.2) is 22.7 Å². The number of amides is 1. The second-order valence-corrected chi connectivity index (χ2v) is 5.27. The van der Waals surface area contributed by atoms with Crippen LogP contribution in [0.5, 0.6) is 0 Å². The van der Waals surface area contributed by atoms with Crippen molar-refractivity contribution in [2.45, 2.75) is 25.5 Å². The number of rotatable bonds is 3. The van der Waals surface area contributed by atoms with Crippen molar-refractivity contribution in [3.05, 3.63) is 28.2 Å². The molecule has 18 heavy (non-hydrogen) atoms. The topological polar surface area (TPSA) is 50.4 Å². The molecule has 2 N–H and O–H groups in total. The minimum atomic E-state index is -0.178. The van der Waals surface area contributed by atoms with Gasteiger partial charge < -0.3 is 15.4 Å². The first-order valence-electron chi connectivity index (χ1n) is 5.94. The molecular weight excluding hydrogens is 296 g/mol. The number of benzene rings is 1. The van der Waals surface area contributed by atoms with Crippen LogP contribution in [-0.4, -0.2) is 31.7 Å². The van der Waals surface area contributed by atoms with Gasteiger partial charge in [-0.3, -0.25) is 4.79 Å². The second kappa shape index (κ2) is 5.82. The third-order valence-electron chi connectivity index (χ3n) is 3.19. The van der Waals surface area contributed by atoms with E-state index in [4.69, 9.17) is 4.74 Å². The smallest absolute Gasteiger partial charge is 0.241 e. The van der Waals surface area contributed by atoms with Gasteiger partial charge in [-0.05, 0) is 40.9 Å². The van der Waals surface area contributed by atoms with E-state index in [1.807, 2.05) is 25.1 Å². The van der Waals surface area contributed by atoms with Crippen molar-refractivity contribution in [3.63, 3.8) is 0 Å². The molecule has 0 aliphatic carbocycles. The Labute approximate surface area is 115 Å². The van der Waals surface area contributed by atoms with Crippen LogP contribution < -0.4 is 10.6 Å². The molecule has 0 radical (unpaired) electrons. The van der Waals surface area contributed by atoms with Crippen molar-refractivity contribution in [1.29, 1.82) is 0 Å². The number of nitrogens with one attached hydrogen (secondary N) is 2. The van der Waals surface area contributed by atoms with Crippen molar-refractivity contribution < 1.29 is 9.53 Å². The lowest BCUT2D eigenvalue weighted by Gasteiger charge is -2.13. The molecule has 1 aliphatic rings. The van der Waals surface area contributed by atoms with E-state index in [1.165, 1.54) is 0 Å². The quantitative estimate of drug-likeness (QED) is 0.898. The third-order valence-corrected chi connectivity index (χ3v) is 4.24. The molecular formula is C13H17BrN2O2. The number of aryl methyl sites for hydroxylation is 1. The first-order valence-corrected chi connectivity index (χ1v) is 6.73. The SMILES string of the molecule is COC1CNC(C(=O)Nc2cccc(C)c2Br)C1. The molecule has 1 amide bonds. The number of carbonyl (C=O) groups is 1. The first kappa shape index (κ1) is 13.5. The van der Waals surface area contributed by atoms with Gasteiger partial charge in [-0.1, -0.05) is 12.1 Å². The van der Waals surface area contributed by atoms with Crippen molar-refractivity contribution in [3.8, 4) is 0 Å². The maximum Gasteiger partial charge on any atom is 0.241 e. The summed E-state index contributed by atoms with van der Waals surface area (Å²) in [5, 5.41) is 6.09. The van der Waals surface area contributed by atoms with Crippen LogP contribution in [0.3, 0.4) is 0 Å². The number of methoxy groups -OCH3 is 1. The Morgan fingerprint density at radius 1 is 1.56 bits per heavy atom. The minimum Gasteiger partial charge on any atom is -0.380 e. The minimum absolute atomic E-state index is 0.0131. The van der Waals surface area contributed by atoms with Gasteiger partial charge in [0.25, 0.3) is 0 Å². The summed E-state index contributed by atoms with van der Waals surface area (Å²) in [6.45, 7) is 2.72. The summed E-state index contributed by atoms with van der Waals surface area (Å²) in [7, 11) is 1.67. The van der Waals surface area contributed by atoms with E-state index in [-0.39, 0.29) is 18.1 Å². The van der Waals surface area contributed by atoms with E-state index in [1.54, 1.807) is 7.11 Å². The molecule has 2 rings (SSSR count). The Bertz CT molecular complexity index is 451. The van der Waals surface area contributed by atoms with E-state index >= 15 is 0 Å². The van der Waals surface area contributed by atoms with Crippen LogP contribution in [-0.2, 0) is 9.53 Å². The standard InChI is InChI=1S/C13H17BrN2O2/c1-8-4-3-5-10(12(8)14)16-13(17)11-6-9(18-2)7-15-11/h3-5,9,11,15H,6-7H2,1-2H3,(H,16,17). The highest BCUT2D eigenvalue weighted by atomic mass is 79.9. The van der Waals surface area contributed by atoms with E-state index < -0.39 is 0 Å². The van der Waals surface area contributed by atoms with Gasteiger partial charge in [0.15, 0.2) is 0 Å².